The van der Waals surface area contributed by atoms with Gasteiger partial charge in [-0.1, -0.05) is 6.07 Å². The molecule has 0 aliphatic carbocycles. The Labute approximate surface area is 124 Å². The van der Waals surface area contributed by atoms with Gasteiger partial charge in [-0.2, -0.15) is 0 Å². The predicted octanol–water partition coefficient (Wildman–Crippen LogP) is 3.45. The van der Waals surface area contributed by atoms with Gasteiger partial charge < -0.3 is 15.0 Å². The minimum atomic E-state index is -0.906. The minimum Gasteiger partial charge on any atom is -0.477 e. The van der Waals surface area contributed by atoms with E-state index < -0.39 is 5.97 Å². The van der Waals surface area contributed by atoms with E-state index in [4.69, 9.17) is 5.11 Å². The summed E-state index contributed by atoms with van der Waals surface area (Å²) in [4.78, 5) is 16.5. The van der Waals surface area contributed by atoms with E-state index in [2.05, 4.69) is 35.9 Å². The number of rotatable bonds is 3. The quantitative estimate of drug-likeness (QED) is 0.908. The minimum absolute atomic E-state index is 0.259. The lowest BCUT2D eigenvalue weighted by atomic mass is 9.89. The van der Waals surface area contributed by atoms with Crippen molar-refractivity contribution in [2.24, 2.45) is 0 Å². The molecule has 1 aliphatic rings. The van der Waals surface area contributed by atoms with Crippen LogP contribution in [0.25, 0.3) is 10.9 Å². The Morgan fingerprint density at radius 2 is 2.19 bits per heavy atom. The number of hydrogen-bond donors (Lipinski definition) is 2. The molecule has 1 aromatic heterocycles. The maximum absolute atomic E-state index is 11.0. The Balaban J connectivity index is 1.88. The summed E-state index contributed by atoms with van der Waals surface area (Å²) < 4.78 is 0. The van der Waals surface area contributed by atoms with Crippen LogP contribution in [0.15, 0.2) is 24.3 Å². The van der Waals surface area contributed by atoms with Crippen molar-refractivity contribution in [1.82, 2.24) is 9.88 Å². The first-order chi connectivity index (χ1) is 10.0. The lowest BCUT2D eigenvalue weighted by Crippen LogP contribution is -2.39. The number of H-pyrrole nitrogens is 1. The molecule has 0 saturated carbocycles. The van der Waals surface area contributed by atoms with Crippen molar-refractivity contribution in [3.8, 4) is 0 Å². The maximum atomic E-state index is 11.0. The number of fused-ring (bicyclic) bond motifs is 1. The molecule has 1 saturated heterocycles. The lowest BCUT2D eigenvalue weighted by molar-refractivity contribution is 0.0691. The number of hydrogen-bond acceptors (Lipinski definition) is 2. The predicted molar refractivity (Wildman–Crippen MR) is 83.9 cm³/mol. The van der Waals surface area contributed by atoms with Gasteiger partial charge in [-0.3, -0.25) is 0 Å². The molecule has 4 nitrogen and oxygen atoms in total. The van der Waals surface area contributed by atoms with E-state index >= 15 is 0 Å². The molecule has 0 unspecified atom stereocenters. The van der Waals surface area contributed by atoms with E-state index in [9.17, 15) is 4.79 Å². The van der Waals surface area contributed by atoms with E-state index in [1.807, 2.05) is 6.07 Å². The number of aromatic amines is 1. The van der Waals surface area contributed by atoms with Crippen LogP contribution in [0.2, 0.25) is 0 Å². The van der Waals surface area contributed by atoms with Crippen LogP contribution < -0.4 is 0 Å². The summed E-state index contributed by atoms with van der Waals surface area (Å²) >= 11 is 0. The van der Waals surface area contributed by atoms with Crippen LogP contribution in [0.4, 0.5) is 0 Å². The van der Waals surface area contributed by atoms with Gasteiger partial charge in [0.15, 0.2) is 0 Å². The zero-order chi connectivity index (χ0) is 15.0. The van der Waals surface area contributed by atoms with E-state index in [0.29, 0.717) is 12.0 Å². The maximum Gasteiger partial charge on any atom is 0.352 e. The molecule has 1 atom stereocenters. The van der Waals surface area contributed by atoms with Crippen LogP contribution in [-0.2, 0) is 0 Å². The van der Waals surface area contributed by atoms with Gasteiger partial charge in [-0.15, -0.1) is 0 Å². The van der Waals surface area contributed by atoms with Gasteiger partial charge in [0.25, 0.3) is 0 Å². The van der Waals surface area contributed by atoms with Crippen LogP contribution in [0.3, 0.4) is 0 Å². The fourth-order valence-electron chi connectivity index (χ4n) is 3.27. The van der Waals surface area contributed by atoms with Gasteiger partial charge in [0.05, 0.1) is 0 Å². The molecule has 112 valence electrons. The Hall–Kier alpha value is -1.81. The summed E-state index contributed by atoms with van der Waals surface area (Å²) in [7, 11) is 0. The van der Waals surface area contributed by atoms with Crippen LogP contribution >= 0.6 is 0 Å². The average molecular weight is 286 g/mol. The number of nitrogens with one attached hydrogen (secondary N) is 1. The normalized spacial score (nSPS) is 20.2. The zero-order valence-corrected chi connectivity index (χ0v) is 12.6. The zero-order valence-electron chi connectivity index (χ0n) is 12.6. The summed E-state index contributed by atoms with van der Waals surface area (Å²) in [5, 5.41) is 10.1. The Bertz CT molecular complexity index is 660. The van der Waals surface area contributed by atoms with Gasteiger partial charge in [-0.25, -0.2) is 4.79 Å². The number of nitrogens with zero attached hydrogens (tertiary/aromatic N) is 1. The molecule has 2 aromatic rings. The third kappa shape index (κ3) is 2.81. The Morgan fingerprint density at radius 3 is 2.90 bits per heavy atom. The first kappa shape index (κ1) is 14.1. The summed E-state index contributed by atoms with van der Waals surface area (Å²) in [5.74, 6) is -0.356. The number of carboxylic acids is 1. The second-order valence-corrected chi connectivity index (χ2v) is 6.26. The van der Waals surface area contributed by atoms with E-state index in [0.717, 1.165) is 17.4 Å². The number of carbonyl (C=O) groups is 1. The fraction of sp³-hybridized carbons (Fsp3) is 0.471. The molecule has 0 radical (unpaired) electrons. The highest BCUT2D eigenvalue weighted by Crippen LogP contribution is 2.30. The van der Waals surface area contributed by atoms with Crippen molar-refractivity contribution >= 4 is 16.9 Å². The number of carboxylic acid groups (broad SMARTS) is 1. The Morgan fingerprint density at radius 1 is 1.38 bits per heavy atom. The molecule has 1 fully saturated rings. The van der Waals surface area contributed by atoms with Crippen LogP contribution in [0.1, 0.15) is 48.7 Å². The third-order valence-electron chi connectivity index (χ3n) is 4.53. The smallest absolute Gasteiger partial charge is 0.352 e. The van der Waals surface area contributed by atoms with Crippen molar-refractivity contribution in [1.29, 1.82) is 0 Å². The molecule has 0 amide bonds. The topological polar surface area (TPSA) is 56.3 Å². The molecular formula is C17H22N2O2. The van der Waals surface area contributed by atoms with Crippen molar-refractivity contribution in [3.63, 3.8) is 0 Å². The van der Waals surface area contributed by atoms with Gasteiger partial charge >= 0.3 is 5.97 Å². The molecule has 2 N–H and O–H groups in total. The molecule has 2 heterocycles. The van der Waals surface area contributed by atoms with E-state index in [-0.39, 0.29) is 5.69 Å². The molecule has 0 bridgehead atoms. The number of benzene rings is 1. The van der Waals surface area contributed by atoms with Crippen molar-refractivity contribution in [2.45, 2.75) is 38.6 Å². The highest BCUT2D eigenvalue weighted by Gasteiger charge is 2.23. The molecule has 1 aliphatic heterocycles. The monoisotopic (exact) mass is 286 g/mol. The fourth-order valence-corrected chi connectivity index (χ4v) is 3.27. The molecule has 21 heavy (non-hydrogen) atoms. The lowest BCUT2D eigenvalue weighted by Gasteiger charge is -2.35. The Kier molecular flexibility index (Phi) is 3.72. The summed E-state index contributed by atoms with van der Waals surface area (Å²) in [5.41, 5.74) is 2.48. The van der Waals surface area contributed by atoms with Crippen molar-refractivity contribution in [3.05, 3.63) is 35.5 Å². The molecule has 0 spiro atoms. The molecule has 1 aromatic carbocycles. The van der Waals surface area contributed by atoms with E-state index in [1.165, 1.54) is 24.9 Å². The number of likely N-dealkylation sites (tertiary alicyclic amines) is 1. The summed E-state index contributed by atoms with van der Waals surface area (Å²) in [6.07, 6.45) is 2.44. The standard InChI is InChI=1S/C17H22N2O2/c1-11(2)19-7-3-4-13(10-19)12-5-6-15-14(8-12)9-16(18-15)17(20)21/h5-6,8-9,11,13,18H,3-4,7,10H2,1-2H3,(H,20,21)/t13-/m0/s1. The SMILES string of the molecule is CC(C)N1CCC[C@H](c2ccc3[nH]c(C(=O)O)cc3c2)C1. The number of aromatic nitrogens is 1. The molecule has 4 heteroatoms. The first-order valence-electron chi connectivity index (χ1n) is 7.64. The number of piperidine rings is 1. The van der Waals surface area contributed by atoms with Gasteiger partial charge in [0.1, 0.15) is 5.69 Å². The first-order valence-corrected chi connectivity index (χ1v) is 7.64. The highest BCUT2D eigenvalue weighted by atomic mass is 16.4. The van der Waals surface area contributed by atoms with Crippen LogP contribution in [-0.4, -0.2) is 40.1 Å². The van der Waals surface area contributed by atoms with Crippen molar-refractivity contribution in [2.75, 3.05) is 13.1 Å². The molecule has 3 rings (SSSR count). The van der Waals surface area contributed by atoms with E-state index in [1.54, 1.807) is 6.07 Å². The molecular weight excluding hydrogens is 264 g/mol. The second-order valence-electron chi connectivity index (χ2n) is 6.26. The van der Waals surface area contributed by atoms with Crippen LogP contribution in [0, 0.1) is 0 Å². The van der Waals surface area contributed by atoms with Crippen molar-refractivity contribution < 1.29 is 9.90 Å². The summed E-state index contributed by atoms with van der Waals surface area (Å²) in [6, 6.07) is 8.60. The average Bonchev–Trinajstić information content (AvgIpc) is 2.90. The summed E-state index contributed by atoms with van der Waals surface area (Å²) in [6.45, 7) is 6.77. The highest BCUT2D eigenvalue weighted by molar-refractivity contribution is 5.93. The van der Waals surface area contributed by atoms with Gasteiger partial charge in [0.2, 0.25) is 0 Å². The van der Waals surface area contributed by atoms with Gasteiger partial charge in [-0.05, 0) is 62.9 Å². The van der Waals surface area contributed by atoms with Crippen LogP contribution in [0.5, 0.6) is 0 Å². The van der Waals surface area contributed by atoms with Gasteiger partial charge in [0, 0.05) is 23.5 Å². The largest absolute Gasteiger partial charge is 0.477 e. The number of aromatic carboxylic acids is 1. The second kappa shape index (κ2) is 5.53. The third-order valence-corrected chi connectivity index (χ3v) is 4.53.